The Balaban J connectivity index is 2.48. The molecule has 4 heteroatoms. The van der Waals surface area contributed by atoms with Crippen molar-refractivity contribution in [2.24, 2.45) is 0 Å². The first kappa shape index (κ1) is 10.1. The molecule has 2 aromatic rings. The van der Waals surface area contributed by atoms with Crippen LogP contribution in [0.4, 0.5) is 5.82 Å². The molecule has 0 amide bonds. The molecule has 0 saturated carbocycles. The lowest BCUT2D eigenvalue weighted by Crippen LogP contribution is -1.96. The second-order valence-electron chi connectivity index (χ2n) is 3.35. The van der Waals surface area contributed by atoms with Gasteiger partial charge in [-0.3, -0.25) is 4.98 Å². The highest BCUT2D eigenvalue weighted by atomic mass is 14.8. The van der Waals surface area contributed by atoms with Gasteiger partial charge in [0.15, 0.2) is 0 Å². The minimum Gasteiger partial charge on any atom is -0.383 e. The number of rotatable bonds is 2. The SMILES string of the molecule is N#CCc1cnc(N)c(-c2cccnc2)c1. The van der Waals surface area contributed by atoms with Gasteiger partial charge in [0.2, 0.25) is 0 Å². The van der Waals surface area contributed by atoms with Crippen molar-refractivity contribution in [3.63, 3.8) is 0 Å². The molecule has 0 saturated heterocycles. The molecule has 0 aliphatic heterocycles. The molecule has 78 valence electrons. The fourth-order valence-electron chi connectivity index (χ4n) is 1.46. The number of nitrogens with two attached hydrogens (primary N) is 1. The van der Waals surface area contributed by atoms with Crippen LogP contribution < -0.4 is 5.73 Å². The fourth-order valence-corrected chi connectivity index (χ4v) is 1.46. The lowest BCUT2D eigenvalue weighted by atomic mass is 10.1. The predicted molar refractivity (Wildman–Crippen MR) is 61.2 cm³/mol. The van der Waals surface area contributed by atoms with Crippen molar-refractivity contribution in [3.05, 3.63) is 42.4 Å². The average Bonchev–Trinajstić information content (AvgIpc) is 2.33. The first-order valence-corrected chi connectivity index (χ1v) is 4.83. The molecule has 0 spiro atoms. The van der Waals surface area contributed by atoms with E-state index in [0.717, 1.165) is 16.7 Å². The largest absolute Gasteiger partial charge is 0.383 e. The molecular weight excluding hydrogens is 200 g/mol. The minimum atomic E-state index is 0.334. The van der Waals surface area contributed by atoms with Crippen LogP contribution in [0.3, 0.4) is 0 Å². The number of hydrogen-bond donors (Lipinski definition) is 1. The van der Waals surface area contributed by atoms with Crippen LogP contribution >= 0.6 is 0 Å². The summed E-state index contributed by atoms with van der Waals surface area (Å²) < 4.78 is 0. The van der Waals surface area contributed by atoms with Gasteiger partial charge >= 0.3 is 0 Å². The molecule has 0 aliphatic rings. The summed E-state index contributed by atoms with van der Waals surface area (Å²) in [4.78, 5) is 8.10. The molecule has 0 aliphatic carbocycles. The van der Waals surface area contributed by atoms with Crippen LogP contribution in [0.2, 0.25) is 0 Å². The second kappa shape index (κ2) is 4.41. The van der Waals surface area contributed by atoms with E-state index in [1.165, 1.54) is 0 Å². The average molecular weight is 210 g/mol. The molecule has 2 heterocycles. The summed E-state index contributed by atoms with van der Waals surface area (Å²) in [5, 5.41) is 8.63. The second-order valence-corrected chi connectivity index (χ2v) is 3.35. The molecule has 0 unspecified atom stereocenters. The third-order valence-electron chi connectivity index (χ3n) is 2.23. The molecule has 0 bridgehead atoms. The van der Waals surface area contributed by atoms with Gasteiger partial charge in [0.05, 0.1) is 12.5 Å². The zero-order valence-corrected chi connectivity index (χ0v) is 8.59. The normalized spacial score (nSPS) is 9.69. The number of aromatic nitrogens is 2. The van der Waals surface area contributed by atoms with Gasteiger partial charge in [-0.05, 0) is 17.7 Å². The van der Waals surface area contributed by atoms with Gasteiger partial charge < -0.3 is 5.73 Å². The predicted octanol–water partition coefficient (Wildman–Crippen LogP) is 1.79. The maximum Gasteiger partial charge on any atom is 0.131 e. The van der Waals surface area contributed by atoms with E-state index >= 15 is 0 Å². The van der Waals surface area contributed by atoms with Crippen LogP contribution in [0.25, 0.3) is 11.1 Å². The molecule has 0 radical (unpaired) electrons. The van der Waals surface area contributed by atoms with Gasteiger partial charge in [0.25, 0.3) is 0 Å². The smallest absolute Gasteiger partial charge is 0.131 e. The van der Waals surface area contributed by atoms with Crippen molar-refractivity contribution in [1.29, 1.82) is 5.26 Å². The Kier molecular flexibility index (Phi) is 2.79. The highest BCUT2D eigenvalue weighted by molar-refractivity contribution is 5.73. The van der Waals surface area contributed by atoms with Crippen LogP contribution in [-0.4, -0.2) is 9.97 Å². The Bertz CT molecular complexity index is 528. The summed E-state index contributed by atoms with van der Waals surface area (Å²) >= 11 is 0. The quantitative estimate of drug-likeness (QED) is 0.819. The maximum absolute atomic E-state index is 8.63. The van der Waals surface area contributed by atoms with Gasteiger partial charge in [0, 0.05) is 29.7 Å². The number of pyridine rings is 2. The molecule has 4 nitrogen and oxygen atoms in total. The highest BCUT2D eigenvalue weighted by Gasteiger charge is 2.05. The van der Waals surface area contributed by atoms with Crippen LogP contribution in [-0.2, 0) is 6.42 Å². The lowest BCUT2D eigenvalue weighted by Gasteiger charge is -2.05. The van der Waals surface area contributed by atoms with Crippen molar-refractivity contribution in [2.75, 3.05) is 5.73 Å². The Morgan fingerprint density at radius 3 is 2.94 bits per heavy atom. The van der Waals surface area contributed by atoms with Crippen molar-refractivity contribution >= 4 is 5.82 Å². The monoisotopic (exact) mass is 210 g/mol. The third-order valence-corrected chi connectivity index (χ3v) is 2.23. The van der Waals surface area contributed by atoms with Crippen LogP contribution in [0.5, 0.6) is 0 Å². The number of hydrogen-bond acceptors (Lipinski definition) is 4. The van der Waals surface area contributed by atoms with E-state index in [9.17, 15) is 0 Å². The summed E-state index contributed by atoms with van der Waals surface area (Å²) in [7, 11) is 0. The van der Waals surface area contributed by atoms with E-state index in [4.69, 9.17) is 11.0 Å². The number of nitrogen functional groups attached to an aromatic ring is 1. The number of anilines is 1. The molecule has 0 aromatic carbocycles. The van der Waals surface area contributed by atoms with E-state index in [2.05, 4.69) is 16.0 Å². The van der Waals surface area contributed by atoms with Crippen LogP contribution in [0, 0.1) is 11.3 Å². The molecule has 0 atom stereocenters. The molecule has 16 heavy (non-hydrogen) atoms. The van der Waals surface area contributed by atoms with Gasteiger partial charge in [-0.1, -0.05) is 6.07 Å². The van der Waals surface area contributed by atoms with Crippen molar-refractivity contribution < 1.29 is 0 Å². The first-order valence-electron chi connectivity index (χ1n) is 4.83. The van der Waals surface area contributed by atoms with Gasteiger partial charge in [-0.2, -0.15) is 5.26 Å². The molecular formula is C12H10N4. The maximum atomic E-state index is 8.63. The zero-order chi connectivity index (χ0) is 11.4. The number of nitriles is 1. The first-order chi connectivity index (χ1) is 7.81. The van der Waals surface area contributed by atoms with E-state index in [-0.39, 0.29) is 0 Å². The van der Waals surface area contributed by atoms with E-state index < -0.39 is 0 Å². The summed E-state index contributed by atoms with van der Waals surface area (Å²) in [6, 6.07) is 7.72. The Hall–Kier alpha value is -2.41. The molecule has 2 N–H and O–H groups in total. The molecule has 0 fully saturated rings. The Morgan fingerprint density at radius 1 is 1.38 bits per heavy atom. The third kappa shape index (κ3) is 1.98. The summed E-state index contributed by atoms with van der Waals surface area (Å²) in [5.74, 6) is 0.453. The summed E-state index contributed by atoms with van der Waals surface area (Å²) in [5.41, 5.74) is 8.38. The van der Waals surface area contributed by atoms with Crippen LogP contribution in [0.1, 0.15) is 5.56 Å². The van der Waals surface area contributed by atoms with Gasteiger partial charge in [0.1, 0.15) is 5.82 Å². The van der Waals surface area contributed by atoms with Crippen LogP contribution in [0.15, 0.2) is 36.8 Å². The van der Waals surface area contributed by atoms with E-state index in [0.29, 0.717) is 12.2 Å². The topological polar surface area (TPSA) is 75.6 Å². The van der Waals surface area contributed by atoms with E-state index in [1.807, 2.05) is 18.2 Å². The lowest BCUT2D eigenvalue weighted by molar-refractivity contribution is 1.19. The summed E-state index contributed by atoms with van der Waals surface area (Å²) in [6.45, 7) is 0. The molecule has 2 aromatic heterocycles. The standard InChI is InChI=1S/C12H10N4/c13-4-3-9-6-11(12(14)16-7-9)10-2-1-5-15-8-10/h1-2,5-8H,3H2,(H2,14,16). The van der Waals surface area contributed by atoms with Crippen molar-refractivity contribution in [2.45, 2.75) is 6.42 Å². The van der Waals surface area contributed by atoms with Gasteiger partial charge in [-0.25, -0.2) is 4.98 Å². The molecule has 2 rings (SSSR count). The Morgan fingerprint density at radius 2 is 2.25 bits per heavy atom. The zero-order valence-electron chi connectivity index (χ0n) is 8.59. The summed E-state index contributed by atoms with van der Waals surface area (Å²) in [6.07, 6.45) is 5.38. The fraction of sp³-hybridized carbons (Fsp3) is 0.0833. The van der Waals surface area contributed by atoms with Crippen molar-refractivity contribution in [1.82, 2.24) is 9.97 Å². The number of nitrogens with zero attached hydrogens (tertiary/aromatic N) is 3. The van der Waals surface area contributed by atoms with Gasteiger partial charge in [-0.15, -0.1) is 0 Å². The highest BCUT2D eigenvalue weighted by Crippen LogP contribution is 2.24. The van der Waals surface area contributed by atoms with Crippen molar-refractivity contribution in [3.8, 4) is 17.2 Å². The Labute approximate surface area is 93.4 Å². The van der Waals surface area contributed by atoms with E-state index in [1.54, 1.807) is 18.6 Å². The minimum absolute atomic E-state index is 0.334.